The van der Waals surface area contributed by atoms with Gasteiger partial charge < -0.3 is 0 Å². The third-order valence-electron chi connectivity index (χ3n) is 2.05. The minimum Gasteiger partial charge on any atom is -0.0991 e. The molecule has 1 rings (SSSR count). The van der Waals surface area contributed by atoms with Crippen LogP contribution in [-0.4, -0.2) is 0 Å². The van der Waals surface area contributed by atoms with Gasteiger partial charge in [0, 0.05) is 0 Å². The fraction of sp³-hybridized carbons (Fsp3) is 0.538. The number of hydrogen-bond acceptors (Lipinski definition) is 0. The van der Waals surface area contributed by atoms with Gasteiger partial charge in [0.05, 0.1) is 0 Å². The standard InChI is InChI=1S/C7H10.C6H12/c1-3-5-7-6-4-2;1-2-4-6-5-3-1/h3-7H,1H2,2H3;1-6H2/b6-4-,7-5-;. The Labute approximate surface area is 83.0 Å². The summed E-state index contributed by atoms with van der Waals surface area (Å²) in [5.41, 5.74) is 0. The molecule has 0 aromatic carbocycles. The van der Waals surface area contributed by atoms with E-state index in [2.05, 4.69) is 6.58 Å². The lowest BCUT2D eigenvalue weighted by atomic mass is 10.0. The number of rotatable bonds is 2. The molecule has 0 bridgehead atoms. The zero-order valence-electron chi connectivity index (χ0n) is 8.84. The van der Waals surface area contributed by atoms with Crippen LogP contribution in [-0.2, 0) is 0 Å². The highest BCUT2D eigenvalue weighted by Crippen LogP contribution is 2.15. The van der Waals surface area contributed by atoms with Gasteiger partial charge in [-0.15, -0.1) is 0 Å². The van der Waals surface area contributed by atoms with Crippen LogP contribution in [0.3, 0.4) is 0 Å². The Balaban J connectivity index is 0.000000223. The molecular weight excluding hydrogens is 156 g/mol. The maximum absolute atomic E-state index is 3.51. The summed E-state index contributed by atoms with van der Waals surface area (Å²) in [6.07, 6.45) is 18.5. The van der Waals surface area contributed by atoms with Crippen LogP contribution in [0, 0.1) is 0 Å². The first-order valence-electron chi connectivity index (χ1n) is 5.32. The molecule has 74 valence electrons. The third kappa shape index (κ3) is 11.2. The van der Waals surface area contributed by atoms with Gasteiger partial charge >= 0.3 is 0 Å². The molecule has 0 nitrogen and oxygen atoms in total. The molecule has 0 aliphatic heterocycles. The second-order valence-corrected chi connectivity index (χ2v) is 3.27. The average molecular weight is 178 g/mol. The van der Waals surface area contributed by atoms with E-state index in [4.69, 9.17) is 0 Å². The second kappa shape index (κ2) is 11.2. The van der Waals surface area contributed by atoms with Crippen LogP contribution in [0.4, 0.5) is 0 Å². The Morgan fingerprint density at radius 3 is 1.54 bits per heavy atom. The van der Waals surface area contributed by atoms with Crippen LogP contribution in [0.1, 0.15) is 45.4 Å². The zero-order valence-corrected chi connectivity index (χ0v) is 8.84. The van der Waals surface area contributed by atoms with Crippen LogP contribution in [0.5, 0.6) is 0 Å². The summed E-state index contributed by atoms with van der Waals surface area (Å²) in [5, 5.41) is 0. The van der Waals surface area contributed by atoms with E-state index in [1.165, 1.54) is 38.5 Å². The van der Waals surface area contributed by atoms with E-state index in [1.807, 2.05) is 31.2 Å². The van der Waals surface area contributed by atoms with Crippen molar-refractivity contribution in [2.45, 2.75) is 45.4 Å². The molecule has 1 fully saturated rings. The highest BCUT2D eigenvalue weighted by molar-refractivity contribution is 5.07. The van der Waals surface area contributed by atoms with Crippen molar-refractivity contribution < 1.29 is 0 Å². The number of hydrogen-bond donors (Lipinski definition) is 0. The fourth-order valence-electron chi connectivity index (χ4n) is 1.31. The maximum atomic E-state index is 3.51. The van der Waals surface area contributed by atoms with Crippen LogP contribution < -0.4 is 0 Å². The van der Waals surface area contributed by atoms with Crippen molar-refractivity contribution in [3.8, 4) is 0 Å². The first-order chi connectivity index (χ1) is 6.41. The lowest BCUT2D eigenvalue weighted by molar-refractivity contribution is 0.504. The molecule has 0 heterocycles. The van der Waals surface area contributed by atoms with E-state index in [9.17, 15) is 0 Å². The van der Waals surface area contributed by atoms with Gasteiger partial charge in [0.1, 0.15) is 0 Å². The van der Waals surface area contributed by atoms with Gasteiger partial charge in [-0.3, -0.25) is 0 Å². The van der Waals surface area contributed by atoms with Crippen molar-refractivity contribution >= 4 is 0 Å². The van der Waals surface area contributed by atoms with Crippen molar-refractivity contribution in [1.82, 2.24) is 0 Å². The molecule has 0 saturated heterocycles. The molecule has 1 aliphatic rings. The minimum absolute atomic E-state index is 1.50. The summed E-state index contributed by atoms with van der Waals surface area (Å²) < 4.78 is 0. The molecule has 0 aromatic heterocycles. The molecule has 13 heavy (non-hydrogen) atoms. The first-order valence-corrected chi connectivity index (χ1v) is 5.32. The second-order valence-electron chi connectivity index (χ2n) is 3.27. The Bertz CT molecular complexity index is 136. The zero-order chi connectivity index (χ0) is 9.78. The highest BCUT2D eigenvalue weighted by atomic mass is 14.0. The largest absolute Gasteiger partial charge is 0.0991 e. The van der Waals surface area contributed by atoms with Crippen molar-refractivity contribution in [2.75, 3.05) is 0 Å². The topological polar surface area (TPSA) is 0 Å². The Kier molecular flexibility index (Phi) is 10.5. The molecule has 0 spiro atoms. The van der Waals surface area contributed by atoms with Gasteiger partial charge in [0.15, 0.2) is 0 Å². The summed E-state index contributed by atoms with van der Waals surface area (Å²) in [6, 6.07) is 0. The van der Waals surface area contributed by atoms with E-state index in [1.54, 1.807) is 6.08 Å². The van der Waals surface area contributed by atoms with Crippen LogP contribution in [0.15, 0.2) is 37.0 Å². The summed E-state index contributed by atoms with van der Waals surface area (Å²) in [4.78, 5) is 0. The Hall–Kier alpha value is -0.780. The smallest absolute Gasteiger partial charge is 0.0467 e. The predicted molar refractivity (Wildman–Crippen MR) is 61.9 cm³/mol. The lowest BCUT2D eigenvalue weighted by Crippen LogP contribution is -1.85. The van der Waals surface area contributed by atoms with E-state index < -0.39 is 0 Å². The van der Waals surface area contributed by atoms with Crippen molar-refractivity contribution in [1.29, 1.82) is 0 Å². The van der Waals surface area contributed by atoms with Crippen LogP contribution >= 0.6 is 0 Å². The molecule has 1 saturated carbocycles. The molecule has 0 radical (unpaired) electrons. The molecule has 0 atom stereocenters. The van der Waals surface area contributed by atoms with Crippen molar-refractivity contribution in [3.05, 3.63) is 37.0 Å². The van der Waals surface area contributed by atoms with E-state index in [0.717, 1.165) is 0 Å². The van der Waals surface area contributed by atoms with E-state index >= 15 is 0 Å². The summed E-state index contributed by atoms with van der Waals surface area (Å²) in [5.74, 6) is 0. The Morgan fingerprint density at radius 1 is 0.769 bits per heavy atom. The summed E-state index contributed by atoms with van der Waals surface area (Å²) in [6.45, 7) is 5.49. The molecule has 0 amide bonds. The minimum atomic E-state index is 1.50. The molecule has 0 N–H and O–H groups in total. The average Bonchev–Trinajstić information content (AvgIpc) is 2.22. The van der Waals surface area contributed by atoms with E-state index in [0.29, 0.717) is 0 Å². The normalized spacial score (nSPS) is 17.0. The maximum Gasteiger partial charge on any atom is -0.0467 e. The SMILES string of the molecule is C1CCCCC1.C=C/C=C\C=C/C. The first kappa shape index (κ1) is 12.2. The molecule has 0 unspecified atom stereocenters. The Morgan fingerprint density at radius 2 is 1.23 bits per heavy atom. The summed E-state index contributed by atoms with van der Waals surface area (Å²) in [7, 11) is 0. The summed E-state index contributed by atoms with van der Waals surface area (Å²) >= 11 is 0. The quantitative estimate of drug-likeness (QED) is 0.540. The molecule has 1 aliphatic carbocycles. The monoisotopic (exact) mass is 178 g/mol. The predicted octanol–water partition coefficient (Wildman–Crippen LogP) is 4.65. The molecular formula is C13H22. The van der Waals surface area contributed by atoms with Crippen LogP contribution in [0.25, 0.3) is 0 Å². The van der Waals surface area contributed by atoms with Gasteiger partial charge in [-0.05, 0) is 6.92 Å². The fourth-order valence-corrected chi connectivity index (χ4v) is 1.31. The van der Waals surface area contributed by atoms with Gasteiger partial charge in [-0.25, -0.2) is 0 Å². The third-order valence-corrected chi connectivity index (χ3v) is 2.05. The lowest BCUT2D eigenvalue weighted by Gasteiger charge is -2.05. The van der Waals surface area contributed by atoms with Crippen molar-refractivity contribution in [2.24, 2.45) is 0 Å². The van der Waals surface area contributed by atoms with Gasteiger partial charge in [-0.1, -0.05) is 75.5 Å². The van der Waals surface area contributed by atoms with Gasteiger partial charge in [0.25, 0.3) is 0 Å². The van der Waals surface area contributed by atoms with Crippen molar-refractivity contribution in [3.63, 3.8) is 0 Å². The van der Waals surface area contributed by atoms with Gasteiger partial charge in [0.2, 0.25) is 0 Å². The van der Waals surface area contributed by atoms with Crippen LogP contribution in [0.2, 0.25) is 0 Å². The van der Waals surface area contributed by atoms with E-state index in [-0.39, 0.29) is 0 Å². The molecule has 0 aromatic rings. The number of allylic oxidation sites excluding steroid dienone is 5. The van der Waals surface area contributed by atoms with Gasteiger partial charge in [-0.2, -0.15) is 0 Å². The molecule has 0 heteroatoms. The highest BCUT2D eigenvalue weighted by Gasteiger charge is 1.95.